The van der Waals surface area contributed by atoms with Gasteiger partial charge in [0.1, 0.15) is 5.03 Å². The van der Waals surface area contributed by atoms with Gasteiger partial charge in [0.05, 0.1) is 11.3 Å². The number of hydrogen-bond donors (Lipinski definition) is 1. The molecule has 3 aromatic carbocycles. The van der Waals surface area contributed by atoms with Crippen LogP contribution in [0.25, 0.3) is 10.9 Å². The molecule has 5 rings (SSSR count). The van der Waals surface area contributed by atoms with Crippen LogP contribution in [-0.4, -0.2) is 23.4 Å². The number of benzene rings is 3. The fourth-order valence-corrected chi connectivity index (χ4v) is 4.33. The number of anilines is 1. The Kier molecular flexibility index (Phi) is 5.46. The summed E-state index contributed by atoms with van der Waals surface area (Å²) in [5, 5.41) is 4.90. The Morgan fingerprint density at radius 2 is 1.74 bits per heavy atom. The van der Waals surface area contributed by atoms with E-state index in [2.05, 4.69) is 29.6 Å². The van der Waals surface area contributed by atoms with Crippen molar-refractivity contribution < 1.29 is 14.3 Å². The molecular formula is C25H20N2O3S. The van der Waals surface area contributed by atoms with E-state index in [1.165, 1.54) is 17.3 Å². The van der Waals surface area contributed by atoms with Crippen LogP contribution in [0.2, 0.25) is 0 Å². The zero-order valence-corrected chi connectivity index (χ0v) is 17.5. The SMILES string of the molecule is O=C(CSc1nc2ccccc2cc1Cc1ccccc1)Nc1ccc2c(c1)OCO2. The largest absolute Gasteiger partial charge is 0.454 e. The minimum atomic E-state index is -0.0931. The molecule has 1 N–H and O–H groups in total. The van der Waals surface area contributed by atoms with E-state index < -0.39 is 0 Å². The maximum Gasteiger partial charge on any atom is 0.234 e. The van der Waals surface area contributed by atoms with Crippen LogP contribution in [0.15, 0.2) is 83.9 Å². The molecule has 154 valence electrons. The van der Waals surface area contributed by atoms with Gasteiger partial charge in [-0.1, -0.05) is 60.3 Å². The van der Waals surface area contributed by atoms with E-state index in [9.17, 15) is 4.79 Å². The molecule has 5 nitrogen and oxygen atoms in total. The van der Waals surface area contributed by atoms with E-state index in [1.807, 2.05) is 42.5 Å². The fraction of sp³-hybridized carbons (Fsp3) is 0.120. The maximum absolute atomic E-state index is 12.6. The van der Waals surface area contributed by atoms with E-state index in [1.54, 1.807) is 12.1 Å². The van der Waals surface area contributed by atoms with Gasteiger partial charge in [-0.25, -0.2) is 4.98 Å². The molecule has 0 bridgehead atoms. The fourth-order valence-electron chi connectivity index (χ4n) is 3.51. The Hall–Kier alpha value is -3.51. The van der Waals surface area contributed by atoms with Crippen LogP contribution in [0.3, 0.4) is 0 Å². The van der Waals surface area contributed by atoms with Crippen LogP contribution in [0.5, 0.6) is 11.5 Å². The van der Waals surface area contributed by atoms with Crippen molar-refractivity contribution in [2.75, 3.05) is 17.9 Å². The van der Waals surface area contributed by atoms with Gasteiger partial charge < -0.3 is 14.8 Å². The first-order valence-electron chi connectivity index (χ1n) is 9.99. The van der Waals surface area contributed by atoms with Crippen LogP contribution >= 0.6 is 11.8 Å². The molecule has 6 heteroatoms. The van der Waals surface area contributed by atoms with Gasteiger partial charge in [-0.15, -0.1) is 0 Å². The molecule has 1 aromatic heterocycles. The molecular weight excluding hydrogens is 408 g/mol. The zero-order valence-electron chi connectivity index (χ0n) is 16.7. The topological polar surface area (TPSA) is 60.5 Å². The minimum absolute atomic E-state index is 0.0931. The molecule has 4 aromatic rings. The number of hydrogen-bond acceptors (Lipinski definition) is 5. The summed E-state index contributed by atoms with van der Waals surface area (Å²) in [7, 11) is 0. The molecule has 0 spiro atoms. The molecule has 1 aliphatic heterocycles. The number of carbonyl (C=O) groups is 1. The lowest BCUT2D eigenvalue weighted by Gasteiger charge is -2.11. The number of nitrogens with zero attached hydrogens (tertiary/aromatic N) is 1. The average molecular weight is 429 g/mol. The highest BCUT2D eigenvalue weighted by Gasteiger charge is 2.15. The van der Waals surface area contributed by atoms with E-state index >= 15 is 0 Å². The summed E-state index contributed by atoms with van der Waals surface area (Å²) in [5.41, 5.74) is 3.95. The summed E-state index contributed by atoms with van der Waals surface area (Å²) in [5.74, 6) is 1.51. The lowest BCUT2D eigenvalue weighted by atomic mass is 10.0. The molecule has 31 heavy (non-hydrogen) atoms. The van der Waals surface area contributed by atoms with E-state index in [0.717, 1.165) is 27.9 Å². The van der Waals surface area contributed by atoms with E-state index in [0.29, 0.717) is 17.2 Å². The number of amides is 1. The molecule has 0 saturated carbocycles. The van der Waals surface area contributed by atoms with Gasteiger partial charge in [-0.3, -0.25) is 4.79 Å². The smallest absolute Gasteiger partial charge is 0.234 e. The number of nitrogens with one attached hydrogen (secondary N) is 1. The predicted molar refractivity (Wildman–Crippen MR) is 123 cm³/mol. The van der Waals surface area contributed by atoms with Crippen LogP contribution in [-0.2, 0) is 11.2 Å². The number of fused-ring (bicyclic) bond motifs is 2. The highest BCUT2D eigenvalue weighted by Crippen LogP contribution is 2.34. The van der Waals surface area contributed by atoms with Crippen molar-refractivity contribution in [3.63, 3.8) is 0 Å². The number of para-hydroxylation sites is 1. The highest BCUT2D eigenvalue weighted by atomic mass is 32.2. The second-order valence-corrected chi connectivity index (χ2v) is 8.18. The molecule has 1 amide bonds. The lowest BCUT2D eigenvalue weighted by Crippen LogP contribution is -2.14. The molecule has 2 heterocycles. The quantitative estimate of drug-likeness (QED) is 0.423. The van der Waals surface area contributed by atoms with Crippen LogP contribution in [0.1, 0.15) is 11.1 Å². The summed E-state index contributed by atoms with van der Waals surface area (Å²) < 4.78 is 10.7. The minimum Gasteiger partial charge on any atom is -0.454 e. The maximum atomic E-state index is 12.6. The molecule has 0 fully saturated rings. The molecule has 0 saturated heterocycles. The Morgan fingerprint density at radius 1 is 0.935 bits per heavy atom. The van der Waals surface area contributed by atoms with Gasteiger partial charge in [-0.2, -0.15) is 0 Å². The van der Waals surface area contributed by atoms with Gasteiger partial charge in [0, 0.05) is 23.6 Å². The Labute approximate surface area is 184 Å². The average Bonchev–Trinajstić information content (AvgIpc) is 3.26. The van der Waals surface area contributed by atoms with E-state index in [-0.39, 0.29) is 18.5 Å². The van der Waals surface area contributed by atoms with Crippen molar-refractivity contribution >= 4 is 34.3 Å². The Morgan fingerprint density at radius 3 is 2.65 bits per heavy atom. The van der Waals surface area contributed by atoms with Gasteiger partial charge >= 0.3 is 0 Å². The third-order valence-electron chi connectivity index (χ3n) is 5.00. The summed E-state index contributed by atoms with van der Waals surface area (Å²) in [4.78, 5) is 17.4. The third-order valence-corrected chi connectivity index (χ3v) is 6.03. The van der Waals surface area contributed by atoms with Gasteiger partial charge in [-0.05, 0) is 35.4 Å². The number of aromatic nitrogens is 1. The number of thioether (sulfide) groups is 1. The Balaban J connectivity index is 1.33. The summed E-state index contributed by atoms with van der Waals surface area (Å²) >= 11 is 1.45. The Bertz CT molecular complexity index is 1240. The normalized spacial score (nSPS) is 12.1. The number of rotatable bonds is 6. The van der Waals surface area contributed by atoms with Crippen LogP contribution in [0, 0.1) is 0 Å². The van der Waals surface area contributed by atoms with Crippen LogP contribution in [0.4, 0.5) is 5.69 Å². The van der Waals surface area contributed by atoms with Crippen molar-refractivity contribution in [2.45, 2.75) is 11.4 Å². The predicted octanol–water partition coefficient (Wildman–Crippen LogP) is 5.29. The summed E-state index contributed by atoms with van der Waals surface area (Å²) in [6, 6.07) is 25.9. The molecule has 0 aliphatic carbocycles. The van der Waals surface area contributed by atoms with Gasteiger partial charge in [0.2, 0.25) is 12.7 Å². The standard InChI is InChI=1S/C25H20N2O3S/c28-24(26-20-10-11-22-23(14-20)30-16-29-22)15-31-25-19(12-17-6-2-1-3-7-17)13-18-8-4-5-9-21(18)27-25/h1-11,13-14H,12,15-16H2,(H,26,28). The van der Waals surface area contributed by atoms with Gasteiger partial charge in [0.25, 0.3) is 0 Å². The monoisotopic (exact) mass is 428 g/mol. The van der Waals surface area contributed by atoms with E-state index in [4.69, 9.17) is 14.5 Å². The third kappa shape index (κ3) is 4.49. The first-order valence-corrected chi connectivity index (χ1v) is 11.0. The lowest BCUT2D eigenvalue weighted by molar-refractivity contribution is -0.113. The van der Waals surface area contributed by atoms with Crippen molar-refractivity contribution in [3.8, 4) is 11.5 Å². The van der Waals surface area contributed by atoms with Gasteiger partial charge in [0.15, 0.2) is 11.5 Å². The molecule has 1 aliphatic rings. The number of ether oxygens (including phenoxy) is 2. The second-order valence-electron chi connectivity index (χ2n) is 7.21. The summed E-state index contributed by atoms with van der Waals surface area (Å²) in [6.07, 6.45) is 0.769. The van der Waals surface area contributed by atoms with Crippen molar-refractivity contribution in [1.29, 1.82) is 0 Å². The number of carbonyl (C=O) groups excluding carboxylic acids is 1. The van der Waals surface area contributed by atoms with Crippen molar-refractivity contribution in [2.24, 2.45) is 0 Å². The first-order chi connectivity index (χ1) is 15.2. The van der Waals surface area contributed by atoms with Crippen LogP contribution < -0.4 is 14.8 Å². The highest BCUT2D eigenvalue weighted by molar-refractivity contribution is 8.00. The molecule has 0 unspecified atom stereocenters. The first kappa shape index (κ1) is 19.5. The van der Waals surface area contributed by atoms with Crippen molar-refractivity contribution in [3.05, 3.63) is 90.0 Å². The molecule has 0 atom stereocenters. The molecule has 0 radical (unpaired) electrons. The number of pyridine rings is 1. The summed E-state index contributed by atoms with van der Waals surface area (Å²) in [6.45, 7) is 0.209. The second kappa shape index (κ2) is 8.70. The zero-order chi connectivity index (χ0) is 21.0. The van der Waals surface area contributed by atoms with Crippen molar-refractivity contribution in [1.82, 2.24) is 4.98 Å².